The summed E-state index contributed by atoms with van der Waals surface area (Å²) in [4.78, 5) is 12.3. The van der Waals surface area contributed by atoms with E-state index in [1.165, 1.54) is 17.6 Å². The molecule has 0 aromatic heterocycles. The maximum absolute atomic E-state index is 11.0. The average molecular weight is 302 g/mol. The first-order valence-corrected chi connectivity index (χ1v) is 7.79. The summed E-state index contributed by atoms with van der Waals surface area (Å²) in [6, 6.07) is 17.9. The molecule has 0 bridgehead atoms. The molecule has 0 heterocycles. The van der Waals surface area contributed by atoms with E-state index in [1.54, 1.807) is 12.1 Å². The highest BCUT2D eigenvalue weighted by atomic mass is 32.2. The molecule has 21 heavy (non-hydrogen) atoms. The summed E-state index contributed by atoms with van der Waals surface area (Å²) in [6.07, 6.45) is 1.43. The zero-order chi connectivity index (χ0) is 14.9. The highest BCUT2D eigenvalue weighted by molar-refractivity contribution is 7.99. The molecular formula is C17H18O3S. The van der Waals surface area contributed by atoms with E-state index in [9.17, 15) is 4.79 Å². The number of rotatable bonds is 6. The topological polar surface area (TPSA) is 35.5 Å². The van der Waals surface area contributed by atoms with Gasteiger partial charge in [0.05, 0.1) is 7.11 Å². The van der Waals surface area contributed by atoms with Gasteiger partial charge in [0.25, 0.3) is 0 Å². The molecule has 3 nitrogen and oxygen atoms in total. The van der Waals surface area contributed by atoms with Crippen molar-refractivity contribution in [1.29, 1.82) is 0 Å². The summed E-state index contributed by atoms with van der Waals surface area (Å²) in [5, 5.41) is 0. The van der Waals surface area contributed by atoms with Crippen molar-refractivity contribution in [2.24, 2.45) is 0 Å². The lowest BCUT2D eigenvalue weighted by Gasteiger charge is -2.05. The number of carbonyl (C=O) groups is 1. The van der Waals surface area contributed by atoms with Crippen LogP contribution in [0.2, 0.25) is 0 Å². The van der Waals surface area contributed by atoms with E-state index in [1.807, 2.05) is 30.0 Å². The van der Waals surface area contributed by atoms with Gasteiger partial charge in [-0.1, -0.05) is 30.3 Å². The van der Waals surface area contributed by atoms with E-state index in [0.29, 0.717) is 5.75 Å². The zero-order valence-corrected chi connectivity index (χ0v) is 12.8. The zero-order valence-electron chi connectivity index (χ0n) is 12.0. The molecule has 0 spiro atoms. The molecule has 0 amide bonds. The fourth-order valence-electron chi connectivity index (χ4n) is 1.85. The van der Waals surface area contributed by atoms with E-state index in [-0.39, 0.29) is 0 Å². The molecule has 110 valence electrons. The molecule has 0 fully saturated rings. The van der Waals surface area contributed by atoms with Gasteiger partial charge < -0.3 is 9.47 Å². The van der Waals surface area contributed by atoms with Crippen molar-refractivity contribution < 1.29 is 14.3 Å². The smallest absolute Gasteiger partial charge is 0.437 e. The Bertz CT molecular complexity index is 552. The SMILES string of the molecule is COC(=O)Oc1ccc(CCCSc2ccccc2)cc1. The second-order valence-electron chi connectivity index (χ2n) is 4.47. The predicted octanol–water partition coefficient (Wildman–Crippen LogP) is 4.56. The molecule has 0 saturated carbocycles. The fourth-order valence-corrected chi connectivity index (χ4v) is 2.72. The van der Waals surface area contributed by atoms with Crippen LogP contribution in [0.15, 0.2) is 59.5 Å². The second-order valence-corrected chi connectivity index (χ2v) is 5.63. The van der Waals surface area contributed by atoms with Crippen molar-refractivity contribution in [2.75, 3.05) is 12.9 Å². The lowest BCUT2D eigenvalue weighted by Crippen LogP contribution is -2.07. The summed E-state index contributed by atoms with van der Waals surface area (Å²) >= 11 is 1.87. The Balaban J connectivity index is 1.72. The number of ether oxygens (including phenoxy) is 2. The predicted molar refractivity (Wildman–Crippen MR) is 85.0 cm³/mol. The van der Waals surface area contributed by atoms with Gasteiger partial charge in [-0.3, -0.25) is 0 Å². The summed E-state index contributed by atoms with van der Waals surface area (Å²) in [6.45, 7) is 0. The van der Waals surface area contributed by atoms with Crippen molar-refractivity contribution in [3.8, 4) is 5.75 Å². The van der Waals surface area contributed by atoms with Gasteiger partial charge in [0.15, 0.2) is 0 Å². The molecule has 0 aliphatic carbocycles. The molecule has 0 N–H and O–H groups in total. The van der Waals surface area contributed by atoms with Crippen molar-refractivity contribution in [1.82, 2.24) is 0 Å². The van der Waals surface area contributed by atoms with Crippen LogP contribution in [0.1, 0.15) is 12.0 Å². The molecule has 2 rings (SSSR count). The van der Waals surface area contributed by atoms with Crippen LogP contribution in [0.3, 0.4) is 0 Å². The molecule has 0 aliphatic rings. The van der Waals surface area contributed by atoms with Crippen molar-refractivity contribution >= 4 is 17.9 Å². The van der Waals surface area contributed by atoms with Gasteiger partial charge in [0.2, 0.25) is 0 Å². The van der Waals surface area contributed by atoms with Gasteiger partial charge in [-0.25, -0.2) is 4.79 Å². The standard InChI is InChI=1S/C17H18O3S/c1-19-17(18)20-15-11-9-14(10-12-15)6-5-13-21-16-7-3-2-4-8-16/h2-4,7-12H,5-6,13H2,1H3. The summed E-state index contributed by atoms with van der Waals surface area (Å²) < 4.78 is 9.38. The number of carbonyl (C=O) groups excluding carboxylic acids is 1. The van der Waals surface area contributed by atoms with E-state index in [2.05, 4.69) is 29.0 Å². The third-order valence-corrected chi connectivity index (χ3v) is 4.01. The summed E-state index contributed by atoms with van der Waals surface area (Å²) in [5.41, 5.74) is 1.24. The first kappa shape index (κ1) is 15.4. The van der Waals surface area contributed by atoms with E-state index in [4.69, 9.17) is 4.74 Å². The molecule has 0 atom stereocenters. The van der Waals surface area contributed by atoms with Crippen LogP contribution >= 0.6 is 11.8 Å². The van der Waals surface area contributed by atoms with Crippen molar-refractivity contribution in [3.05, 3.63) is 60.2 Å². The Morgan fingerprint density at radius 1 is 1.05 bits per heavy atom. The molecule has 0 saturated heterocycles. The highest BCUT2D eigenvalue weighted by Crippen LogP contribution is 2.19. The van der Waals surface area contributed by atoms with Gasteiger partial charge in [0, 0.05) is 4.90 Å². The van der Waals surface area contributed by atoms with E-state index < -0.39 is 6.16 Å². The second kappa shape index (κ2) is 8.37. The minimum atomic E-state index is -0.693. The number of hydrogen-bond acceptors (Lipinski definition) is 4. The summed E-state index contributed by atoms with van der Waals surface area (Å²) in [7, 11) is 1.29. The normalized spacial score (nSPS) is 10.1. The van der Waals surface area contributed by atoms with Crippen molar-refractivity contribution in [2.45, 2.75) is 17.7 Å². The minimum Gasteiger partial charge on any atom is -0.437 e. The molecule has 2 aromatic carbocycles. The molecule has 0 aliphatic heterocycles. The third kappa shape index (κ3) is 5.52. The maximum atomic E-state index is 11.0. The van der Waals surface area contributed by atoms with E-state index in [0.717, 1.165) is 18.6 Å². The van der Waals surface area contributed by atoms with Crippen molar-refractivity contribution in [3.63, 3.8) is 0 Å². The van der Waals surface area contributed by atoms with Gasteiger partial charge in [0.1, 0.15) is 5.75 Å². The Morgan fingerprint density at radius 2 is 1.76 bits per heavy atom. The quantitative estimate of drug-likeness (QED) is 0.339. The largest absolute Gasteiger partial charge is 0.513 e. The van der Waals surface area contributed by atoms with Crippen LogP contribution < -0.4 is 4.74 Å². The first-order valence-electron chi connectivity index (χ1n) is 6.80. The van der Waals surface area contributed by atoms with E-state index >= 15 is 0 Å². The van der Waals surface area contributed by atoms with Gasteiger partial charge in [-0.05, 0) is 48.4 Å². The number of hydrogen-bond donors (Lipinski definition) is 0. The fraction of sp³-hybridized carbons (Fsp3) is 0.235. The Hall–Kier alpha value is -1.94. The monoisotopic (exact) mass is 302 g/mol. The molecule has 2 aromatic rings. The molecule has 0 unspecified atom stereocenters. The number of benzene rings is 2. The van der Waals surface area contributed by atoms with Crippen LogP contribution in [0, 0.1) is 0 Å². The van der Waals surface area contributed by atoms with Gasteiger partial charge >= 0.3 is 6.16 Å². The number of thioether (sulfide) groups is 1. The maximum Gasteiger partial charge on any atom is 0.513 e. The van der Waals surface area contributed by atoms with Crippen LogP contribution in [-0.4, -0.2) is 19.0 Å². The Kier molecular flexibility index (Phi) is 6.16. The van der Waals surface area contributed by atoms with Gasteiger partial charge in [-0.2, -0.15) is 0 Å². The minimum absolute atomic E-state index is 0.504. The van der Waals surface area contributed by atoms with Crippen LogP contribution in [0.5, 0.6) is 5.75 Å². The number of aryl methyl sites for hydroxylation is 1. The highest BCUT2D eigenvalue weighted by Gasteiger charge is 2.03. The first-order chi connectivity index (χ1) is 10.3. The lowest BCUT2D eigenvalue weighted by molar-refractivity contribution is 0.121. The molecule has 0 radical (unpaired) electrons. The number of methoxy groups -OCH3 is 1. The van der Waals surface area contributed by atoms with Crippen LogP contribution in [0.4, 0.5) is 4.79 Å². The third-order valence-electron chi connectivity index (χ3n) is 2.91. The molecule has 4 heteroatoms. The Labute approximate surface area is 129 Å². The summed E-state index contributed by atoms with van der Waals surface area (Å²) in [5.74, 6) is 1.59. The molecular weight excluding hydrogens is 284 g/mol. The average Bonchev–Trinajstić information content (AvgIpc) is 2.54. The Morgan fingerprint density at radius 3 is 2.43 bits per heavy atom. The van der Waals surface area contributed by atoms with Gasteiger partial charge in [-0.15, -0.1) is 11.8 Å². The van der Waals surface area contributed by atoms with Crippen LogP contribution in [0.25, 0.3) is 0 Å². The lowest BCUT2D eigenvalue weighted by atomic mass is 10.1. The van der Waals surface area contributed by atoms with Crippen LogP contribution in [-0.2, 0) is 11.2 Å².